The maximum Gasteiger partial charge on any atom is 0.0798 e. The summed E-state index contributed by atoms with van der Waals surface area (Å²) in [6, 6.07) is 5.92. The minimum absolute atomic E-state index is 0.0381. The second kappa shape index (κ2) is 6.12. The summed E-state index contributed by atoms with van der Waals surface area (Å²) < 4.78 is 0.975. The minimum atomic E-state index is 0.0381. The first kappa shape index (κ1) is 14.0. The van der Waals surface area contributed by atoms with Gasteiger partial charge in [0.25, 0.3) is 0 Å². The molecule has 0 radical (unpaired) electrons. The highest BCUT2D eigenvalue weighted by Gasteiger charge is 2.16. The first-order chi connectivity index (χ1) is 8.61. The molecule has 0 fully saturated rings. The van der Waals surface area contributed by atoms with E-state index in [1.807, 2.05) is 30.6 Å². The third kappa shape index (κ3) is 3.10. The Balaban J connectivity index is 2.23. The summed E-state index contributed by atoms with van der Waals surface area (Å²) in [5, 5.41) is 0.742. The molecule has 3 N–H and O–H groups in total. The molecule has 0 saturated carbocycles. The Kier molecular flexibility index (Phi) is 4.75. The van der Waals surface area contributed by atoms with Gasteiger partial charge in [0.2, 0.25) is 0 Å². The van der Waals surface area contributed by atoms with Gasteiger partial charge in [-0.1, -0.05) is 33.6 Å². The Bertz CT molecular complexity index is 544. The zero-order chi connectivity index (χ0) is 13.1. The van der Waals surface area contributed by atoms with Crippen LogP contribution in [0.25, 0.3) is 0 Å². The average molecular weight is 347 g/mol. The number of hydrogen-bond donors (Lipinski definition) is 2. The predicted molar refractivity (Wildman–Crippen MR) is 79.8 cm³/mol. The van der Waals surface area contributed by atoms with Gasteiger partial charge in [-0.15, -0.1) is 11.3 Å². The molecule has 18 heavy (non-hydrogen) atoms. The Morgan fingerprint density at radius 1 is 1.56 bits per heavy atom. The van der Waals surface area contributed by atoms with Crippen LogP contribution in [0.15, 0.2) is 28.2 Å². The molecule has 2 aromatic rings. The van der Waals surface area contributed by atoms with Crippen LogP contribution in [-0.4, -0.2) is 4.98 Å². The average Bonchev–Trinajstić information content (AvgIpc) is 2.75. The molecule has 0 aliphatic carbocycles. The van der Waals surface area contributed by atoms with Crippen molar-refractivity contribution < 1.29 is 0 Å². The van der Waals surface area contributed by atoms with E-state index in [1.54, 1.807) is 11.3 Å². The maximum absolute atomic E-state index is 6.22. The van der Waals surface area contributed by atoms with Gasteiger partial charge in [0.1, 0.15) is 0 Å². The van der Waals surface area contributed by atoms with Gasteiger partial charge < -0.3 is 0 Å². The van der Waals surface area contributed by atoms with Gasteiger partial charge in [-0.05, 0) is 31.0 Å². The zero-order valence-corrected chi connectivity index (χ0v) is 12.9. The fraction of sp³-hybridized carbons (Fsp3) is 0.250. The highest BCUT2D eigenvalue weighted by molar-refractivity contribution is 9.10. The number of halogens is 2. The Hall–Kier alpha value is -0.460. The van der Waals surface area contributed by atoms with Gasteiger partial charge in [0, 0.05) is 14.4 Å². The van der Waals surface area contributed by atoms with E-state index in [0.29, 0.717) is 0 Å². The van der Waals surface area contributed by atoms with Crippen molar-refractivity contribution in [3.8, 4) is 0 Å². The van der Waals surface area contributed by atoms with E-state index in [2.05, 4.69) is 26.3 Å². The van der Waals surface area contributed by atoms with E-state index >= 15 is 0 Å². The Morgan fingerprint density at radius 3 is 2.89 bits per heavy atom. The van der Waals surface area contributed by atoms with Crippen LogP contribution in [0.4, 0.5) is 0 Å². The number of aromatic nitrogens is 1. The number of nitrogens with zero attached hydrogens (tertiary/aromatic N) is 1. The van der Waals surface area contributed by atoms with Crippen LogP contribution in [0.5, 0.6) is 0 Å². The smallest absolute Gasteiger partial charge is 0.0798 e. The van der Waals surface area contributed by atoms with Crippen molar-refractivity contribution in [2.24, 2.45) is 5.84 Å². The molecule has 0 amide bonds. The van der Waals surface area contributed by atoms with Gasteiger partial charge in [-0.25, -0.2) is 4.98 Å². The van der Waals surface area contributed by atoms with Crippen LogP contribution in [0.1, 0.15) is 22.2 Å². The van der Waals surface area contributed by atoms with Crippen molar-refractivity contribution in [2.45, 2.75) is 19.4 Å². The minimum Gasteiger partial charge on any atom is -0.271 e. The van der Waals surface area contributed by atoms with E-state index in [9.17, 15) is 0 Å². The number of nitrogens with two attached hydrogens (primary N) is 1. The molecule has 2 rings (SSSR count). The Morgan fingerprint density at radius 2 is 2.33 bits per heavy atom. The first-order valence-corrected chi connectivity index (χ1v) is 7.47. The summed E-state index contributed by atoms with van der Waals surface area (Å²) >= 11 is 11.2. The third-order valence-corrected chi connectivity index (χ3v) is 4.63. The molecule has 0 spiro atoms. The van der Waals surface area contributed by atoms with E-state index < -0.39 is 0 Å². The number of hydrogen-bond acceptors (Lipinski definition) is 4. The molecular weight excluding hydrogens is 334 g/mol. The molecule has 0 saturated heterocycles. The third-order valence-electron chi connectivity index (χ3n) is 2.74. The predicted octanol–water partition coefficient (Wildman–Crippen LogP) is 3.61. The van der Waals surface area contributed by atoms with Crippen molar-refractivity contribution >= 4 is 38.9 Å². The molecule has 0 aliphatic rings. The van der Waals surface area contributed by atoms with E-state index in [0.717, 1.165) is 32.1 Å². The molecule has 96 valence electrons. The van der Waals surface area contributed by atoms with Crippen LogP contribution in [0.2, 0.25) is 5.02 Å². The molecule has 1 aromatic heterocycles. The molecule has 6 heteroatoms. The van der Waals surface area contributed by atoms with Crippen molar-refractivity contribution in [3.63, 3.8) is 0 Å². The van der Waals surface area contributed by atoms with E-state index in [-0.39, 0.29) is 6.04 Å². The summed E-state index contributed by atoms with van der Waals surface area (Å²) in [5.41, 5.74) is 6.74. The van der Waals surface area contributed by atoms with Gasteiger partial charge >= 0.3 is 0 Å². The largest absolute Gasteiger partial charge is 0.271 e. The van der Waals surface area contributed by atoms with Gasteiger partial charge in [0.15, 0.2) is 0 Å². The molecule has 0 bridgehead atoms. The van der Waals surface area contributed by atoms with Crippen LogP contribution < -0.4 is 11.3 Å². The summed E-state index contributed by atoms with van der Waals surface area (Å²) in [4.78, 5) is 5.40. The first-order valence-electron chi connectivity index (χ1n) is 5.42. The van der Waals surface area contributed by atoms with Crippen LogP contribution in [0.3, 0.4) is 0 Å². The van der Waals surface area contributed by atoms with E-state index in [4.69, 9.17) is 17.4 Å². The van der Waals surface area contributed by atoms with Gasteiger partial charge in [-0.2, -0.15) is 0 Å². The molecule has 1 aromatic carbocycles. The fourth-order valence-electron chi connectivity index (χ4n) is 1.78. The second-order valence-electron chi connectivity index (χ2n) is 3.96. The highest BCUT2D eigenvalue weighted by atomic mass is 79.9. The molecule has 3 nitrogen and oxygen atoms in total. The lowest BCUT2D eigenvalue weighted by Gasteiger charge is -2.16. The number of benzene rings is 1. The lowest BCUT2D eigenvalue weighted by atomic mass is 10.0. The van der Waals surface area contributed by atoms with Gasteiger partial charge in [0.05, 0.1) is 17.2 Å². The SMILES string of the molecule is Cc1ncsc1C(Cc1ccc(Br)cc1Cl)NN. The number of nitrogens with one attached hydrogen (secondary N) is 1. The van der Waals surface area contributed by atoms with Crippen molar-refractivity contribution in [1.29, 1.82) is 0 Å². The van der Waals surface area contributed by atoms with Gasteiger partial charge in [-0.3, -0.25) is 11.3 Å². The number of thiazole rings is 1. The molecule has 1 atom stereocenters. The van der Waals surface area contributed by atoms with Crippen LogP contribution >= 0.6 is 38.9 Å². The topological polar surface area (TPSA) is 50.9 Å². The highest BCUT2D eigenvalue weighted by Crippen LogP contribution is 2.28. The Labute approximate surface area is 123 Å². The normalized spacial score (nSPS) is 12.7. The van der Waals surface area contributed by atoms with Crippen LogP contribution in [0, 0.1) is 6.92 Å². The fourth-order valence-corrected chi connectivity index (χ4v) is 3.39. The van der Waals surface area contributed by atoms with Crippen molar-refractivity contribution in [1.82, 2.24) is 10.4 Å². The molecular formula is C12H13BrClN3S. The van der Waals surface area contributed by atoms with Crippen LogP contribution in [-0.2, 0) is 6.42 Å². The van der Waals surface area contributed by atoms with E-state index in [1.165, 1.54) is 0 Å². The quantitative estimate of drug-likeness (QED) is 0.657. The number of hydrazine groups is 1. The standard InChI is InChI=1S/C12H13BrClN3S/c1-7-12(18-6-16-7)11(17-15)4-8-2-3-9(13)5-10(8)14/h2-3,5-6,11,17H,4,15H2,1H3. The summed E-state index contributed by atoms with van der Waals surface area (Å²) in [6.45, 7) is 1.99. The van der Waals surface area contributed by atoms with Crippen molar-refractivity contribution in [2.75, 3.05) is 0 Å². The monoisotopic (exact) mass is 345 g/mol. The molecule has 0 aliphatic heterocycles. The second-order valence-corrected chi connectivity index (χ2v) is 6.17. The lowest BCUT2D eigenvalue weighted by molar-refractivity contribution is 0.557. The lowest BCUT2D eigenvalue weighted by Crippen LogP contribution is -2.29. The number of rotatable bonds is 4. The molecule has 1 unspecified atom stereocenters. The summed E-state index contributed by atoms with van der Waals surface area (Å²) in [7, 11) is 0. The zero-order valence-electron chi connectivity index (χ0n) is 9.78. The maximum atomic E-state index is 6.22. The summed E-state index contributed by atoms with van der Waals surface area (Å²) in [6.07, 6.45) is 0.742. The number of aryl methyl sites for hydroxylation is 1. The molecule has 1 heterocycles. The summed E-state index contributed by atoms with van der Waals surface area (Å²) in [5.74, 6) is 5.64. The van der Waals surface area contributed by atoms with Crippen molar-refractivity contribution in [3.05, 3.63) is 49.3 Å².